The van der Waals surface area contributed by atoms with Gasteiger partial charge in [-0.15, -0.1) is 6.58 Å². The number of nitrogens with zero attached hydrogens (tertiary/aromatic N) is 3. The van der Waals surface area contributed by atoms with E-state index in [2.05, 4.69) is 70.2 Å². The molecule has 0 spiro atoms. The molecule has 6 heteroatoms. The molecule has 0 unspecified atom stereocenters. The first-order chi connectivity index (χ1) is 12.3. The SMILES string of the molecule is C=CCn1c(CCN2c3ccccc3Sc3ccccc32)n[nH]c1=S. The van der Waals surface area contributed by atoms with Crippen molar-refractivity contribution in [1.82, 2.24) is 14.8 Å². The summed E-state index contributed by atoms with van der Waals surface area (Å²) in [5.41, 5.74) is 2.49. The highest BCUT2D eigenvalue weighted by molar-refractivity contribution is 7.99. The molecule has 3 aromatic rings. The van der Waals surface area contributed by atoms with Crippen LogP contribution in [0.15, 0.2) is 71.0 Å². The van der Waals surface area contributed by atoms with Gasteiger partial charge in [-0.2, -0.15) is 5.10 Å². The number of para-hydroxylation sites is 2. The van der Waals surface area contributed by atoms with Crippen LogP contribution in [0.2, 0.25) is 0 Å². The average Bonchev–Trinajstić information content (AvgIpc) is 2.99. The van der Waals surface area contributed by atoms with E-state index >= 15 is 0 Å². The molecule has 0 saturated heterocycles. The lowest BCUT2D eigenvalue weighted by atomic mass is 10.2. The highest BCUT2D eigenvalue weighted by Gasteiger charge is 2.23. The van der Waals surface area contributed by atoms with Crippen molar-refractivity contribution in [2.24, 2.45) is 0 Å². The van der Waals surface area contributed by atoms with Crippen LogP contribution in [0.1, 0.15) is 5.82 Å². The van der Waals surface area contributed by atoms with Gasteiger partial charge in [-0.1, -0.05) is 42.1 Å². The van der Waals surface area contributed by atoms with Gasteiger partial charge in [0.05, 0.1) is 11.4 Å². The molecule has 0 bridgehead atoms. The summed E-state index contributed by atoms with van der Waals surface area (Å²) in [6, 6.07) is 17.1. The minimum Gasteiger partial charge on any atom is -0.339 e. The molecular weight excluding hydrogens is 348 g/mol. The molecule has 1 aromatic heterocycles. The van der Waals surface area contributed by atoms with Gasteiger partial charge in [-0.3, -0.25) is 5.10 Å². The van der Waals surface area contributed by atoms with E-state index in [4.69, 9.17) is 12.2 Å². The molecule has 0 radical (unpaired) electrons. The highest BCUT2D eigenvalue weighted by atomic mass is 32.2. The maximum atomic E-state index is 5.32. The van der Waals surface area contributed by atoms with Crippen LogP contribution < -0.4 is 4.90 Å². The Hall–Kier alpha value is -2.31. The molecule has 0 fully saturated rings. The summed E-state index contributed by atoms with van der Waals surface area (Å²) < 4.78 is 2.64. The van der Waals surface area contributed by atoms with Gasteiger partial charge in [0, 0.05) is 29.3 Å². The Morgan fingerprint density at radius 1 is 1.08 bits per heavy atom. The molecule has 126 valence electrons. The van der Waals surface area contributed by atoms with Crippen molar-refractivity contribution in [3.05, 3.63) is 71.8 Å². The molecule has 0 atom stereocenters. The Bertz CT molecular complexity index is 928. The molecule has 4 rings (SSSR count). The monoisotopic (exact) mass is 366 g/mol. The van der Waals surface area contributed by atoms with Gasteiger partial charge in [-0.25, -0.2) is 0 Å². The summed E-state index contributed by atoms with van der Waals surface area (Å²) in [5.74, 6) is 0.957. The lowest BCUT2D eigenvalue weighted by molar-refractivity contribution is 0.716. The molecule has 2 heterocycles. The number of aromatic amines is 1. The van der Waals surface area contributed by atoms with Crippen LogP contribution >= 0.6 is 24.0 Å². The Kier molecular flexibility index (Phi) is 4.46. The van der Waals surface area contributed by atoms with Crippen molar-refractivity contribution >= 4 is 35.4 Å². The van der Waals surface area contributed by atoms with Gasteiger partial charge in [0.25, 0.3) is 0 Å². The number of fused-ring (bicyclic) bond motifs is 2. The van der Waals surface area contributed by atoms with Crippen LogP contribution in [0.5, 0.6) is 0 Å². The van der Waals surface area contributed by atoms with Crippen molar-refractivity contribution in [1.29, 1.82) is 0 Å². The van der Waals surface area contributed by atoms with Crippen molar-refractivity contribution < 1.29 is 0 Å². The van der Waals surface area contributed by atoms with Gasteiger partial charge in [0.15, 0.2) is 4.77 Å². The van der Waals surface area contributed by atoms with E-state index in [-0.39, 0.29) is 0 Å². The third kappa shape index (κ3) is 3.03. The molecule has 1 aliphatic heterocycles. The van der Waals surface area contributed by atoms with Gasteiger partial charge in [0.1, 0.15) is 5.82 Å². The van der Waals surface area contributed by atoms with Gasteiger partial charge in [0.2, 0.25) is 0 Å². The minimum absolute atomic E-state index is 0.643. The third-order valence-electron chi connectivity index (χ3n) is 4.24. The van der Waals surface area contributed by atoms with Crippen molar-refractivity contribution in [3.8, 4) is 0 Å². The van der Waals surface area contributed by atoms with E-state index < -0.39 is 0 Å². The molecule has 0 saturated carbocycles. The Labute approximate surface area is 156 Å². The smallest absolute Gasteiger partial charge is 0.195 e. The van der Waals surface area contributed by atoms with Gasteiger partial charge < -0.3 is 9.47 Å². The lowest BCUT2D eigenvalue weighted by Crippen LogP contribution is -2.24. The number of H-pyrrole nitrogens is 1. The molecule has 0 aliphatic carbocycles. The van der Waals surface area contributed by atoms with Crippen molar-refractivity contribution in [2.75, 3.05) is 11.4 Å². The third-order valence-corrected chi connectivity index (χ3v) is 5.68. The van der Waals surface area contributed by atoms with Crippen LogP contribution in [0.4, 0.5) is 11.4 Å². The summed E-state index contributed by atoms with van der Waals surface area (Å²) >= 11 is 7.14. The molecule has 1 aliphatic rings. The predicted molar refractivity (Wildman–Crippen MR) is 105 cm³/mol. The topological polar surface area (TPSA) is 36.9 Å². The Morgan fingerprint density at radius 3 is 2.36 bits per heavy atom. The summed E-state index contributed by atoms with van der Waals surface area (Å²) in [4.78, 5) is 4.94. The minimum atomic E-state index is 0.643. The first-order valence-corrected chi connectivity index (χ1v) is 9.39. The normalized spacial score (nSPS) is 12.6. The van der Waals surface area contributed by atoms with Gasteiger partial charge >= 0.3 is 0 Å². The van der Waals surface area contributed by atoms with Crippen molar-refractivity contribution in [3.63, 3.8) is 0 Å². The Balaban J connectivity index is 1.67. The molecule has 4 nitrogen and oxygen atoms in total. The fourth-order valence-corrected chi connectivity index (χ4v) is 4.41. The standard InChI is InChI=1S/C19H18N4S2/c1-2-12-23-18(20-21-19(23)24)11-13-22-14-7-3-5-9-16(14)25-17-10-6-4-8-15(17)22/h2-10H,1,11-13H2,(H,21,24). The quantitative estimate of drug-likeness (QED) is 0.511. The maximum absolute atomic E-state index is 5.32. The first kappa shape index (κ1) is 16.2. The van der Waals surface area contributed by atoms with E-state index in [0.29, 0.717) is 11.3 Å². The molecular formula is C19H18N4S2. The fourth-order valence-electron chi connectivity index (χ4n) is 3.09. The first-order valence-electron chi connectivity index (χ1n) is 8.16. The number of nitrogens with one attached hydrogen (secondary N) is 1. The van der Waals surface area contributed by atoms with Crippen molar-refractivity contribution in [2.45, 2.75) is 22.8 Å². The van der Waals surface area contributed by atoms with E-state index in [1.807, 2.05) is 22.4 Å². The van der Waals surface area contributed by atoms with E-state index in [9.17, 15) is 0 Å². The van der Waals surface area contributed by atoms with Crippen LogP contribution in [0.25, 0.3) is 0 Å². The number of hydrogen-bond acceptors (Lipinski definition) is 4. The predicted octanol–water partition coefficient (Wildman–Crippen LogP) is 4.97. The summed E-state index contributed by atoms with van der Waals surface area (Å²) in [7, 11) is 0. The second kappa shape index (κ2) is 6.90. The van der Waals surface area contributed by atoms with Crippen LogP contribution in [-0.4, -0.2) is 21.3 Å². The van der Waals surface area contributed by atoms with Crippen LogP contribution in [0.3, 0.4) is 0 Å². The van der Waals surface area contributed by atoms with Crippen LogP contribution in [0, 0.1) is 4.77 Å². The number of allylic oxidation sites excluding steroid dienone is 1. The zero-order valence-corrected chi connectivity index (χ0v) is 15.3. The zero-order valence-electron chi connectivity index (χ0n) is 13.7. The fraction of sp³-hybridized carbons (Fsp3) is 0.158. The number of anilines is 2. The molecule has 2 aromatic carbocycles. The largest absolute Gasteiger partial charge is 0.339 e. The van der Waals surface area contributed by atoms with Crippen LogP contribution in [-0.2, 0) is 13.0 Å². The summed E-state index contributed by atoms with van der Waals surface area (Å²) in [6.07, 6.45) is 2.64. The second-order valence-electron chi connectivity index (χ2n) is 5.78. The molecule has 25 heavy (non-hydrogen) atoms. The number of hydrogen-bond donors (Lipinski definition) is 1. The number of aromatic nitrogens is 3. The second-order valence-corrected chi connectivity index (χ2v) is 7.25. The number of benzene rings is 2. The maximum Gasteiger partial charge on any atom is 0.195 e. The molecule has 0 amide bonds. The zero-order chi connectivity index (χ0) is 17.2. The average molecular weight is 367 g/mol. The summed E-state index contributed by atoms with van der Waals surface area (Å²) in [5, 5.41) is 7.29. The summed E-state index contributed by atoms with van der Waals surface area (Å²) in [6.45, 7) is 5.32. The van der Waals surface area contributed by atoms with E-state index in [0.717, 1.165) is 18.8 Å². The number of rotatable bonds is 5. The highest BCUT2D eigenvalue weighted by Crippen LogP contribution is 2.47. The Morgan fingerprint density at radius 2 is 1.72 bits per heavy atom. The molecule has 1 N–H and O–H groups in total. The lowest BCUT2D eigenvalue weighted by Gasteiger charge is -2.32. The van der Waals surface area contributed by atoms with Gasteiger partial charge in [-0.05, 0) is 36.5 Å². The van der Waals surface area contributed by atoms with E-state index in [1.54, 1.807) is 0 Å². The van der Waals surface area contributed by atoms with E-state index in [1.165, 1.54) is 21.2 Å².